The van der Waals surface area contributed by atoms with Crippen molar-refractivity contribution in [2.75, 3.05) is 39.4 Å². The molecule has 3 rings (SSSR count). The molecule has 6 heteroatoms. The van der Waals surface area contributed by atoms with E-state index < -0.39 is 0 Å². The highest BCUT2D eigenvalue weighted by atomic mass is 16.5. The molecular formula is C20H29N3O3. The van der Waals surface area contributed by atoms with Crippen LogP contribution in [-0.2, 0) is 11.2 Å². The molecule has 6 nitrogen and oxygen atoms in total. The Morgan fingerprint density at radius 2 is 2.04 bits per heavy atom. The van der Waals surface area contributed by atoms with Crippen LogP contribution in [0.1, 0.15) is 37.5 Å². The van der Waals surface area contributed by atoms with Gasteiger partial charge in [-0.1, -0.05) is 32.0 Å². The molecule has 1 saturated heterocycles. The van der Waals surface area contributed by atoms with E-state index in [4.69, 9.17) is 9.15 Å². The largest absolute Gasteiger partial charge is 0.461 e. The summed E-state index contributed by atoms with van der Waals surface area (Å²) in [5.41, 5.74) is 4.39. The number of fused-ring (bicyclic) bond motifs is 1. The van der Waals surface area contributed by atoms with Gasteiger partial charge in [0.1, 0.15) is 17.2 Å². The zero-order valence-electron chi connectivity index (χ0n) is 15.7. The van der Waals surface area contributed by atoms with E-state index >= 15 is 0 Å². The van der Waals surface area contributed by atoms with Crippen molar-refractivity contribution < 1.29 is 14.4 Å². The molecule has 1 aliphatic heterocycles. The van der Waals surface area contributed by atoms with Crippen molar-refractivity contribution in [1.82, 2.24) is 10.4 Å². The van der Waals surface area contributed by atoms with Crippen LogP contribution in [0.5, 0.6) is 0 Å². The first kappa shape index (κ1) is 18.9. The Hall–Kier alpha value is -1.89. The SMILES string of the molecule is CCc1oc2ccccc2c1C(CC)C(=NCCN1CCOCC1)NO. The lowest BCUT2D eigenvalue weighted by Gasteiger charge is -2.26. The van der Waals surface area contributed by atoms with Crippen LogP contribution in [0, 0.1) is 0 Å². The minimum atomic E-state index is -0.0108. The molecule has 1 atom stereocenters. The number of hydrogen-bond donors (Lipinski definition) is 2. The Morgan fingerprint density at radius 1 is 1.27 bits per heavy atom. The van der Waals surface area contributed by atoms with E-state index in [0.29, 0.717) is 12.4 Å². The fourth-order valence-corrected chi connectivity index (χ4v) is 3.66. The van der Waals surface area contributed by atoms with Crippen LogP contribution in [0.3, 0.4) is 0 Å². The van der Waals surface area contributed by atoms with Gasteiger partial charge in [-0.25, -0.2) is 0 Å². The highest BCUT2D eigenvalue weighted by Gasteiger charge is 2.25. The number of para-hydroxylation sites is 1. The third-order valence-electron chi connectivity index (χ3n) is 5.04. The van der Waals surface area contributed by atoms with Crippen LogP contribution in [0.15, 0.2) is 33.7 Å². The average molecular weight is 359 g/mol. The Labute approximate surface area is 154 Å². The lowest BCUT2D eigenvalue weighted by molar-refractivity contribution is 0.0394. The first-order chi connectivity index (χ1) is 12.8. The summed E-state index contributed by atoms with van der Waals surface area (Å²) in [5.74, 6) is 1.57. The van der Waals surface area contributed by atoms with Crippen molar-refractivity contribution >= 4 is 16.8 Å². The minimum Gasteiger partial charge on any atom is -0.461 e. The molecule has 1 aliphatic rings. The van der Waals surface area contributed by atoms with Gasteiger partial charge in [0.15, 0.2) is 0 Å². The number of morpholine rings is 1. The summed E-state index contributed by atoms with van der Waals surface area (Å²) < 4.78 is 11.4. The number of nitrogens with zero attached hydrogens (tertiary/aromatic N) is 2. The van der Waals surface area contributed by atoms with Gasteiger partial charge in [-0.2, -0.15) is 0 Å². The number of rotatable bonds is 7. The third kappa shape index (κ3) is 4.09. The Morgan fingerprint density at radius 3 is 2.73 bits per heavy atom. The Kier molecular flexibility index (Phi) is 6.66. The van der Waals surface area contributed by atoms with Gasteiger partial charge in [0.05, 0.1) is 19.8 Å². The maximum absolute atomic E-state index is 9.75. The zero-order chi connectivity index (χ0) is 18.4. The lowest BCUT2D eigenvalue weighted by atomic mass is 9.91. The molecule has 0 bridgehead atoms. The number of hydroxylamine groups is 1. The van der Waals surface area contributed by atoms with E-state index in [1.165, 1.54) is 0 Å². The molecule has 0 amide bonds. The number of nitrogens with one attached hydrogen (secondary N) is 1. The lowest BCUT2D eigenvalue weighted by Crippen LogP contribution is -2.38. The maximum Gasteiger partial charge on any atom is 0.134 e. The van der Waals surface area contributed by atoms with E-state index in [1.807, 2.05) is 18.2 Å². The average Bonchev–Trinajstić information content (AvgIpc) is 3.07. The Balaban J connectivity index is 1.82. The van der Waals surface area contributed by atoms with E-state index in [2.05, 4.69) is 35.3 Å². The smallest absolute Gasteiger partial charge is 0.134 e. The second kappa shape index (κ2) is 9.16. The molecule has 1 aromatic heterocycles. The van der Waals surface area contributed by atoms with Gasteiger partial charge < -0.3 is 9.15 Å². The molecule has 0 spiro atoms. The van der Waals surface area contributed by atoms with Crippen LogP contribution in [-0.4, -0.2) is 55.3 Å². The standard InChI is InChI=1S/C20H29N3O3/c1-3-15(19-16-7-5-6-8-18(16)26-17(19)4-2)20(22-24)21-9-10-23-11-13-25-14-12-23/h5-8,15,24H,3-4,9-14H2,1-2H3,(H,21,22). The van der Waals surface area contributed by atoms with Crippen molar-refractivity contribution in [1.29, 1.82) is 0 Å². The number of aliphatic imine (C=N–C) groups is 1. The predicted octanol–water partition coefficient (Wildman–Crippen LogP) is 3.20. The minimum absolute atomic E-state index is 0.0108. The topological polar surface area (TPSA) is 70.2 Å². The van der Waals surface area contributed by atoms with Gasteiger partial charge in [0.2, 0.25) is 0 Å². The summed E-state index contributed by atoms with van der Waals surface area (Å²) >= 11 is 0. The van der Waals surface area contributed by atoms with Gasteiger partial charge >= 0.3 is 0 Å². The van der Waals surface area contributed by atoms with Crippen molar-refractivity contribution in [3.8, 4) is 0 Å². The fourth-order valence-electron chi connectivity index (χ4n) is 3.66. The number of aryl methyl sites for hydroxylation is 1. The molecule has 0 aliphatic carbocycles. The fraction of sp³-hybridized carbons (Fsp3) is 0.550. The number of hydrogen-bond acceptors (Lipinski definition) is 5. The molecule has 0 radical (unpaired) electrons. The molecule has 2 heterocycles. The zero-order valence-corrected chi connectivity index (χ0v) is 15.7. The van der Waals surface area contributed by atoms with E-state index in [9.17, 15) is 5.21 Å². The molecule has 1 unspecified atom stereocenters. The maximum atomic E-state index is 9.75. The van der Waals surface area contributed by atoms with Crippen molar-refractivity contribution in [2.45, 2.75) is 32.6 Å². The van der Waals surface area contributed by atoms with Crippen molar-refractivity contribution in [2.24, 2.45) is 4.99 Å². The van der Waals surface area contributed by atoms with Crippen molar-refractivity contribution in [3.05, 3.63) is 35.6 Å². The normalized spacial score (nSPS) is 17.6. The van der Waals surface area contributed by atoms with Crippen molar-refractivity contribution in [3.63, 3.8) is 0 Å². The highest BCUT2D eigenvalue weighted by molar-refractivity contribution is 5.94. The highest BCUT2D eigenvalue weighted by Crippen LogP contribution is 2.34. The summed E-state index contributed by atoms with van der Waals surface area (Å²) in [6.07, 6.45) is 1.65. The van der Waals surface area contributed by atoms with E-state index in [0.717, 1.165) is 68.0 Å². The van der Waals surface area contributed by atoms with Crippen LogP contribution >= 0.6 is 0 Å². The quantitative estimate of drug-likeness (QED) is 0.451. The Bertz CT molecular complexity index is 735. The molecule has 1 aromatic carbocycles. The second-order valence-electron chi connectivity index (χ2n) is 6.58. The summed E-state index contributed by atoms with van der Waals surface area (Å²) in [6.45, 7) is 9.19. The van der Waals surface area contributed by atoms with Crippen LogP contribution in [0.4, 0.5) is 0 Å². The number of furan rings is 1. The van der Waals surface area contributed by atoms with Gasteiger partial charge in [-0.3, -0.25) is 20.6 Å². The van der Waals surface area contributed by atoms with Crippen LogP contribution < -0.4 is 5.48 Å². The molecule has 2 N–H and O–H groups in total. The molecule has 142 valence electrons. The second-order valence-corrected chi connectivity index (χ2v) is 6.58. The monoisotopic (exact) mass is 359 g/mol. The molecule has 0 saturated carbocycles. The molecule has 1 fully saturated rings. The van der Waals surface area contributed by atoms with Gasteiger partial charge in [-0.15, -0.1) is 0 Å². The van der Waals surface area contributed by atoms with Gasteiger partial charge in [-0.05, 0) is 12.5 Å². The summed E-state index contributed by atoms with van der Waals surface area (Å²) in [5, 5.41) is 10.9. The summed E-state index contributed by atoms with van der Waals surface area (Å²) in [4.78, 5) is 7.02. The third-order valence-corrected chi connectivity index (χ3v) is 5.04. The molecular weight excluding hydrogens is 330 g/mol. The number of benzene rings is 1. The van der Waals surface area contributed by atoms with E-state index in [-0.39, 0.29) is 5.92 Å². The number of ether oxygens (including phenoxy) is 1. The predicted molar refractivity (Wildman–Crippen MR) is 103 cm³/mol. The first-order valence-electron chi connectivity index (χ1n) is 9.53. The summed E-state index contributed by atoms with van der Waals surface area (Å²) in [7, 11) is 0. The van der Waals surface area contributed by atoms with Crippen LogP contribution in [0.2, 0.25) is 0 Å². The molecule has 26 heavy (non-hydrogen) atoms. The first-order valence-corrected chi connectivity index (χ1v) is 9.53. The van der Waals surface area contributed by atoms with E-state index in [1.54, 1.807) is 0 Å². The van der Waals surface area contributed by atoms with Gasteiger partial charge in [0, 0.05) is 42.9 Å². The van der Waals surface area contributed by atoms with Gasteiger partial charge in [0.25, 0.3) is 0 Å². The number of amidine groups is 1. The molecule has 2 aromatic rings. The summed E-state index contributed by atoms with van der Waals surface area (Å²) in [6, 6.07) is 8.08. The van der Waals surface area contributed by atoms with Crippen LogP contribution in [0.25, 0.3) is 11.0 Å².